The van der Waals surface area contributed by atoms with Crippen molar-refractivity contribution < 1.29 is 33.8 Å². The molecule has 4 rings (SSSR count). The van der Waals surface area contributed by atoms with Crippen LogP contribution in [0.3, 0.4) is 0 Å². The number of aliphatic hydroxyl groups is 1. The Morgan fingerprint density at radius 3 is 2.51 bits per heavy atom. The molecule has 3 aliphatic rings. The molecule has 0 saturated carbocycles. The highest BCUT2D eigenvalue weighted by molar-refractivity contribution is 8.00. The zero-order valence-corrected chi connectivity index (χ0v) is 23.8. The van der Waals surface area contributed by atoms with Crippen molar-refractivity contribution in [2.24, 2.45) is 0 Å². The molecule has 3 aliphatic heterocycles. The van der Waals surface area contributed by atoms with E-state index in [0.29, 0.717) is 30.1 Å². The fourth-order valence-corrected chi connectivity index (χ4v) is 6.10. The van der Waals surface area contributed by atoms with E-state index in [4.69, 9.17) is 19.7 Å². The molecule has 0 bridgehead atoms. The molecule has 2 N–H and O–H groups in total. The number of carboxylic acid groups (broad SMARTS) is 1. The number of aliphatic carboxylic acids is 1. The third kappa shape index (κ3) is 11.1. The van der Waals surface area contributed by atoms with Crippen molar-refractivity contribution in [3.8, 4) is 11.5 Å². The Hall–Kier alpha value is -2.04. The minimum Gasteiger partial charge on any atom is -0.616 e. The Labute approximate surface area is 228 Å². The molecule has 0 aromatic heterocycles. The van der Waals surface area contributed by atoms with Crippen molar-refractivity contribution in [3.63, 3.8) is 0 Å². The predicted octanol–water partition coefficient (Wildman–Crippen LogP) is 5.63. The Morgan fingerprint density at radius 1 is 1.19 bits per heavy atom. The van der Waals surface area contributed by atoms with Crippen LogP contribution < -0.4 is 9.47 Å². The number of fused-ring (bicyclic) bond motifs is 2. The molecular formula is C27H41NO7S2. The number of unbranched alkanes of at least 4 members (excludes halogenated alkanes) is 5. The van der Waals surface area contributed by atoms with Crippen LogP contribution in [0.2, 0.25) is 0 Å². The number of hydrogen-bond donors (Lipinski definition) is 2. The van der Waals surface area contributed by atoms with Crippen LogP contribution >= 0.6 is 11.8 Å². The van der Waals surface area contributed by atoms with Crippen LogP contribution in [-0.2, 0) is 27.2 Å². The molecule has 3 atom stereocenters. The number of carbonyl (C=O) groups excluding carboxylic acids is 1. The van der Waals surface area contributed by atoms with Crippen molar-refractivity contribution in [2.75, 3.05) is 18.3 Å². The van der Waals surface area contributed by atoms with Crippen molar-refractivity contribution in [3.05, 3.63) is 35.7 Å². The third-order valence-electron chi connectivity index (χ3n) is 6.07. The summed E-state index contributed by atoms with van der Waals surface area (Å²) >= 11 is 0.869. The molecule has 1 amide bonds. The number of rotatable bonds is 11. The highest BCUT2D eigenvalue weighted by Crippen LogP contribution is 2.35. The normalized spacial score (nSPS) is 18.7. The molecule has 1 fully saturated rings. The second-order valence-corrected chi connectivity index (χ2v) is 12.3. The van der Waals surface area contributed by atoms with Gasteiger partial charge in [0.25, 0.3) is 0 Å². The van der Waals surface area contributed by atoms with E-state index in [2.05, 4.69) is 13.8 Å². The van der Waals surface area contributed by atoms with Crippen LogP contribution in [0.5, 0.6) is 11.5 Å². The quantitative estimate of drug-likeness (QED) is 0.205. The zero-order valence-electron chi connectivity index (χ0n) is 22.1. The SMILES string of the molecule is CCC(=O)O.CCCCCCCC[S+]([O-])C(C)Cc1ccc2c(c1)OCO2.O=C1C[C@H]2SCC(O)=CN12. The Morgan fingerprint density at radius 2 is 1.86 bits per heavy atom. The fraction of sp³-hybridized carbons (Fsp3) is 0.630. The topological polar surface area (TPSA) is 119 Å². The van der Waals surface area contributed by atoms with E-state index in [1.807, 2.05) is 18.2 Å². The summed E-state index contributed by atoms with van der Waals surface area (Å²) in [5.41, 5.74) is 1.17. The Kier molecular flexibility index (Phi) is 14.1. The number of ether oxygens (including phenoxy) is 2. The summed E-state index contributed by atoms with van der Waals surface area (Å²) in [6.45, 7) is 6.21. The first-order chi connectivity index (χ1) is 17.7. The number of carboxylic acids is 1. The summed E-state index contributed by atoms with van der Waals surface area (Å²) in [7, 11) is 0. The van der Waals surface area contributed by atoms with Crippen LogP contribution in [0.1, 0.15) is 77.7 Å². The standard InChI is InChI=1S/C18H28O3S.C6H7NO2S.C3H6O2/c1-3-4-5-6-7-8-11-22(19)15(2)12-16-9-10-17-18(13-16)21-14-20-17;8-4-2-7-5(9)1-6(7)10-3-4;1-2-3(4)5/h9-10,13,15H,3-8,11-12,14H2,1-2H3;2,6,8H,1,3H2;2H2,1H3,(H,4,5)/t;6-;/m.1./s1. The van der Waals surface area contributed by atoms with Gasteiger partial charge < -0.3 is 29.1 Å². The summed E-state index contributed by atoms with van der Waals surface area (Å²) < 4.78 is 23.0. The minimum atomic E-state index is -0.745. The molecular weight excluding hydrogens is 514 g/mol. The van der Waals surface area contributed by atoms with Gasteiger partial charge in [-0.1, -0.05) is 56.8 Å². The number of β-lactam (4-membered cyclic amide) rings is 1. The monoisotopic (exact) mass is 555 g/mol. The van der Waals surface area contributed by atoms with E-state index in [9.17, 15) is 14.1 Å². The number of benzene rings is 1. The zero-order chi connectivity index (χ0) is 27.2. The first-order valence-corrected chi connectivity index (χ1v) is 15.5. The number of aliphatic hydroxyl groups excluding tert-OH is 1. The van der Waals surface area contributed by atoms with Gasteiger partial charge in [0.05, 0.1) is 17.5 Å². The molecule has 37 heavy (non-hydrogen) atoms. The maximum Gasteiger partial charge on any atom is 0.303 e. The lowest BCUT2D eigenvalue weighted by Crippen LogP contribution is -2.49. The highest BCUT2D eigenvalue weighted by Gasteiger charge is 2.37. The number of amides is 1. The van der Waals surface area contributed by atoms with Crippen molar-refractivity contribution in [1.82, 2.24) is 4.90 Å². The molecule has 1 aromatic rings. The lowest BCUT2D eigenvalue weighted by Gasteiger charge is -2.39. The molecule has 0 radical (unpaired) electrons. The smallest absolute Gasteiger partial charge is 0.303 e. The van der Waals surface area contributed by atoms with Gasteiger partial charge in [-0.25, -0.2) is 0 Å². The maximum atomic E-state index is 12.3. The molecule has 0 aliphatic carbocycles. The highest BCUT2D eigenvalue weighted by atomic mass is 32.2. The predicted molar refractivity (Wildman–Crippen MR) is 148 cm³/mol. The Bertz CT molecular complexity index is 896. The van der Waals surface area contributed by atoms with Crippen LogP contribution in [0.25, 0.3) is 0 Å². The number of carbonyl (C=O) groups is 2. The van der Waals surface area contributed by atoms with Crippen LogP contribution in [-0.4, -0.2) is 60.5 Å². The van der Waals surface area contributed by atoms with Gasteiger partial charge in [0.1, 0.15) is 16.8 Å². The van der Waals surface area contributed by atoms with Gasteiger partial charge in [0, 0.05) is 19.0 Å². The number of nitrogens with zero attached hydrogens (tertiary/aromatic N) is 1. The first-order valence-electron chi connectivity index (χ1n) is 13.0. The molecule has 0 spiro atoms. The van der Waals surface area contributed by atoms with Crippen LogP contribution in [0.15, 0.2) is 30.2 Å². The lowest BCUT2D eigenvalue weighted by molar-refractivity contribution is -0.138. The number of thioether (sulfide) groups is 1. The van der Waals surface area contributed by atoms with Gasteiger partial charge in [0.2, 0.25) is 12.7 Å². The molecule has 1 saturated heterocycles. The summed E-state index contributed by atoms with van der Waals surface area (Å²) in [6.07, 6.45) is 10.7. The summed E-state index contributed by atoms with van der Waals surface area (Å²) in [4.78, 5) is 21.7. The Balaban J connectivity index is 0.000000262. The van der Waals surface area contributed by atoms with Gasteiger partial charge in [-0.15, -0.1) is 11.8 Å². The van der Waals surface area contributed by atoms with E-state index in [0.717, 1.165) is 30.1 Å². The van der Waals surface area contributed by atoms with E-state index in [-0.39, 0.29) is 17.6 Å². The molecule has 8 nitrogen and oxygen atoms in total. The summed E-state index contributed by atoms with van der Waals surface area (Å²) in [6, 6.07) is 6.01. The van der Waals surface area contributed by atoms with Gasteiger partial charge in [0.15, 0.2) is 11.5 Å². The average molecular weight is 556 g/mol. The third-order valence-corrected chi connectivity index (χ3v) is 9.07. The average Bonchev–Trinajstić information content (AvgIpc) is 3.35. The summed E-state index contributed by atoms with van der Waals surface area (Å²) in [5.74, 6) is 2.77. The molecule has 208 valence electrons. The second kappa shape index (κ2) is 16.7. The van der Waals surface area contributed by atoms with Crippen LogP contribution in [0.4, 0.5) is 0 Å². The lowest BCUT2D eigenvalue weighted by atomic mass is 10.1. The van der Waals surface area contributed by atoms with Crippen molar-refractivity contribution in [2.45, 2.75) is 89.2 Å². The largest absolute Gasteiger partial charge is 0.616 e. The minimum absolute atomic E-state index is 0.115. The molecule has 3 heterocycles. The van der Waals surface area contributed by atoms with E-state index in [1.54, 1.807) is 23.6 Å². The molecule has 10 heteroatoms. The van der Waals surface area contributed by atoms with Crippen LogP contribution in [0, 0.1) is 0 Å². The van der Waals surface area contributed by atoms with Gasteiger partial charge in [-0.2, -0.15) is 0 Å². The van der Waals surface area contributed by atoms with E-state index < -0.39 is 17.1 Å². The fourth-order valence-electron chi connectivity index (χ4n) is 3.79. The van der Waals surface area contributed by atoms with Crippen molar-refractivity contribution in [1.29, 1.82) is 0 Å². The van der Waals surface area contributed by atoms with E-state index in [1.165, 1.54) is 43.9 Å². The van der Waals surface area contributed by atoms with Gasteiger partial charge in [-0.05, 0) is 37.5 Å². The van der Waals surface area contributed by atoms with Crippen molar-refractivity contribution >= 4 is 34.8 Å². The first kappa shape index (κ1) is 31.2. The van der Waals surface area contributed by atoms with Gasteiger partial charge >= 0.3 is 5.97 Å². The molecule has 2 unspecified atom stereocenters. The maximum absolute atomic E-state index is 12.3. The second-order valence-electron chi connectivity index (χ2n) is 9.19. The molecule has 1 aromatic carbocycles. The summed E-state index contributed by atoms with van der Waals surface area (Å²) in [5, 5.41) is 17.2. The van der Waals surface area contributed by atoms with Gasteiger partial charge in [-0.3, -0.25) is 9.59 Å². The van der Waals surface area contributed by atoms with E-state index >= 15 is 0 Å². The number of hydrogen-bond acceptors (Lipinski definition) is 7.